The lowest BCUT2D eigenvalue weighted by atomic mass is 9.75. The van der Waals surface area contributed by atoms with E-state index in [1.54, 1.807) is 18.2 Å². The Hall–Kier alpha value is -1.40. The molecule has 7 heteroatoms. The van der Waals surface area contributed by atoms with Crippen LogP contribution in [0.4, 0.5) is 14.5 Å². The van der Waals surface area contributed by atoms with Crippen molar-refractivity contribution in [2.45, 2.75) is 30.8 Å². The van der Waals surface area contributed by atoms with Crippen LogP contribution in [0.3, 0.4) is 0 Å². The van der Waals surface area contributed by atoms with Crippen molar-refractivity contribution in [3.05, 3.63) is 29.3 Å². The Morgan fingerprint density at radius 3 is 2.63 bits per heavy atom. The second kappa shape index (κ2) is 4.94. The topological polar surface area (TPSA) is 61.4 Å². The molecule has 0 atom stereocenters. The van der Waals surface area contributed by atoms with Crippen molar-refractivity contribution < 1.29 is 18.7 Å². The minimum absolute atomic E-state index is 0.0788. The van der Waals surface area contributed by atoms with Gasteiger partial charge in [0.05, 0.1) is 5.69 Å². The molecular formula is C12H13ClF2N2O2. The van der Waals surface area contributed by atoms with Gasteiger partial charge in [0, 0.05) is 5.02 Å². The van der Waals surface area contributed by atoms with Crippen molar-refractivity contribution in [2.75, 3.05) is 5.43 Å². The molecular weight excluding hydrogens is 278 g/mol. The number of hydrazine groups is 1. The Bertz CT molecular complexity index is 492. The summed E-state index contributed by atoms with van der Waals surface area (Å²) in [6.45, 7) is 0. The Balaban J connectivity index is 1.98. The monoisotopic (exact) mass is 290 g/mol. The van der Waals surface area contributed by atoms with E-state index in [0.29, 0.717) is 17.1 Å². The molecule has 0 aliphatic heterocycles. The third-order valence-electron chi connectivity index (χ3n) is 3.20. The molecule has 1 amide bonds. The van der Waals surface area contributed by atoms with Gasteiger partial charge in [0.2, 0.25) is 0 Å². The molecule has 1 saturated carbocycles. The fourth-order valence-corrected chi connectivity index (χ4v) is 2.00. The van der Waals surface area contributed by atoms with Crippen LogP contribution in [-0.4, -0.2) is 22.5 Å². The lowest BCUT2D eigenvalue weighted by Gasteiger charge is -2.41. The van der Waals surface area contributed by atoms with Crippen LogP contribution in [-0.2, 0) is 4.79 Å². The summed E-state index contributed by atoms with van der Waals surface area (Å²) in [5.41, 5.74) is 2.36. The summed E-state index contributed by atoms with van der Waals surface area (Å²) in [5, 5.41) is 10.00. The van der Waals surface area contributed by atoms with Crippen LogP contribution in [0.1, 0.15) is 19.3 Å². The highest BCUT2D eigenvalue weighted by molar-refractivity contribution is 6.30. The molecule has 0 bridgehead atoms. The third kappa shape index (κ3) is 2.64. The number of carbonyl (C=O) groups is 1. The summed E-state index contributed by atoms with van der Waals surface area (Å²) < 4.78 is 27.4. The highest BCUT2D eigenvalue weighted by atomic mass is 35.5. The maximum atomic E-state index is 13.7. The fraction of sp³-hybridized carbons (Fsp3) is 0.417. The molecule has 0 unspecified atom stereocenters. The van der Waals surface area contributed by atoms with E-state index in [4.69, 9.17) is 11.6 Å². The van der Waals surface area contributed by atoms with Gasteiger partial charge in [0.1, 0.15) is 5.60 Å². The van der Waals surface area contributed by atoms with Crippen LogP contribution in [0.2, 0.25) is 5.02 Å². The number of aliphatic hydroxyl groups is 1. The summed E-state index contributed by atoms with van der Waals surface area (Å²) in [5.74, 6) is -5.38. The first-order valence-electron chi connectivity index (χ1n) is 5.77. The zero-order chi connectivity index (χ0) is 14.1. The first-order chi connectivity index (χ1) is 8.85. The highest BCUT2D eigenvalue weighted by Crippen LogP contribution is 2.44. The normalized spacial score (nSPS) is 17.5. The maximum absolute atomic E-state index is 13.7. The number of hydrogen-bond donors (Lipinski definition) is 3. The van der Waals surface area contributed by atoms with Gasteiger partial charge in [-0.2, -0.15) is 8.78 Å². The molecule has 3 N–H and O–H groups in total. The number of hydrogen-bond acceptors (Lipinski definition) is 3. The second-order valence-electron chi connectivity index (χ2n) is 4.55. The highest BCUT2D eigenvalue weighted by Gasteiger charge is 2.61. The number of amides is 1. The van der Waals surface area contributed by atoms with Gasteiger partial charge in [-0.15, -0.1) is 0 Å². The van der Waals surface area contributed by atoms with Crippen LogP contribution < -0.4 is 10.9 Å². The summed E-state index contributed by atoms with van der Waals surface area (Å²) in [6.07, 6.45) is 0.330. The summed E-state index contributed by atoms with van der Waals surface area (Å²) >= 11 is 5.71. The SMILES string of the molecule is O=C(NNc1cccc(Cl)c1)C(F)(F)C1(O)CCC1. The van der Waals surface area contributed by atoms with Gasteiger partial charge in [-0.05, 0) is 37.5 Å². The van der Waals surface area contributed by atoms with E-state index < -0.39 is 17.4 Å². The lowest BCUT2D eigenvalue weighted by Crippen LogP contribution is -2.61. The molecule has 1 aliphatic rings. The average Bonchev–Trinajstić information content (AvgIpc) is 2.32. The van der Waals surface area contributed by atoms with E-state index in [9.17, 15) is 18.7 Å². The Labute approximate surface area is 113 Å². The first-order valence-corrected chi connectivity index (χ1v) is 6.15. The predicted octanol–water partition coefficient (Wildman–Crippen LogP) is 2.33. The molecule has 2 rings (SSSR count). The van der Waals surface area contributed by atoms with E-state index in [-0.39, 0.29) is 12.8 Å². The smallest absolute Gasteiger partial charge is 0.354 e. The molecule has 1 fully saturated rings. The first kappa shape index (κ1) is 14.0. The third-order valence-corrected chi connectivity index (χ3v) is 3.43. The maximum Gasteiger partial charge on any atom is 0.354 e. The molecule has 1 aromatic rings. The lowest BCUT2D eigenvalue weighted by molar-refractivity contribution is -0.215. The molecule has 0 aromatic heterocycles. The van der Waals surface area contributed by atoms with Crippen LogP contribution >= 0.6 is 11.6 Å². The summed E-state index contributed by atoms with van der Waals surface area (Å²) in [6, 6.07) is 6.25. The summed E-state index contributed by atoms with van der Waals surface area (Å²) in [4.78, 5) is 11.4. The van der Waals surface area contributed by atoms with E-state index in [1.165, 1.54) is 6.07 Å². The number of alkyl halides is 2. The van der Waals surface area contributed by atoms with Crippen LogP contribution in [0.15, 0.2) is 24.3 Å². The zero-order valence-electron chi connectivity index (χ0n) is 9.92. The van der Waals surface area contributed by atoms with Gasteiger partial charge in [-0.1, -0.05) is 17.7 Å². The number of anilines is 1. The molecule has 0 saturated heterocycles. The Morgan fingerprint density at radius 2 is 2.11 bits per heavy atom. The largest absolute Gasteiger partial charge is 0.383 e. The Morgan fingerprint density at radius 1 is 1.42 bits per heavy atom. The van der Waals surface area contributed by atoms with Gasteiger partial charge in [0.15, 0.2) is 0 Å². The number of halogens is 3. The molecule has 19 heavy (non-hydrogen) atoms. The molecule has 4 nitrogen and oxygen atoms in total. The van der Waals surface area contributed by atoms with Crippen LogP contribution in [0, 0.1) is 0 Å². The summed E-state index contributed by atoms with van der Waals surface area (Å²) in [7, 11) is 0. The van der Waals surface area contributed by atoms with Crippen molar-refractivity contribution >= 4 is 23.2 Å². The number of benzene rings is 1. The van der Waals surface area contributed by atoms with E-state index in [2.05, 4.69) is 5.43 Å². The van der Waals surface area contributed by atoms with E-state index >= 15 is 0 Å². The van der Waals surface area contributed by atoms with Crippen molar-refractivity contribution in [2.24, 2.45) is 0 Å². The number of carbonyl (C=O) groups excluding carboxylic acids is 1. The number of rotatable bonds is 4. The quantitative estimate of drug-likeness (QED) is 0.746. The molecule has 0 radical (unpaired) electrons. The minimum atomic E-state index is -3.82. The van der Waals surface area contributed by atoms with Crippen molar-refractivity contribution in [3.8, 4) is 0 Å². The van der Waals surface area contributed by atoms with Crippen molar-refractivity contribution in [1.82, 2.24) is 5.43 Å². The fourth-order valence-electron chi connectivity index (χ4n) is 1.81. The molecule has 0 spiro atoms. The van der Waals surface area contributed by atoms with Gasteiger partial charge < -0.3 is 5.11 Å². The zero-order valence-corrected chi connectivity index (χ0v) is 10.7. The molecule has 104 valence electrons. The van der Waals surface area contributed by atoms with E-state index in [0.717, 1.165) is 0 Å². The van der Waals surface area contributed by atoms with Crippen LogP contribution in [0.25, 0.3) is 0 Å². The molecule has 0 heterocycles. The van der Waals surface area contributed by atoms with Gasteiger partial charge in [-0.25, -0.2) is 0 Å². The van der Waals surface area contributed by atoms with Crippen molar-refractivity contribution in [1.29, 1.82) is 0 Å². The molecule has 1 aliphatic carbocycles. The standard InChI is InChI=1S/C12H13ClF2N2O2/c13-8-3-1-4-9(7-8)16-17-10(18)12(14,15)11(19)5-2-6-11/h1,3-4,7,16,19H,2,5-6H2,(H,17,18). The minimum Gasteiger partial charge on any atom is -0.383 e. The number of nitrogens with one attached hydrogen (secondary N) is 2. The predicted molar refractivity (Wildman–Crippen MR) is 67.0 cm³/mol. The van der Waals surface area contributed by atoms with Gasteiger partial charge in [0.25, 0.3) is 0 Å². The van der Waals surface area contributed by atoms with E-state index in [1.807, 2.05) is 5.43 Å². The van der Waals surface area contributed by atoms with Crippen LogP contribution in [0.5, 0.6) is 0 Å². The van der Waals surface area contributed by atoms with Gasteiger partial charge in [-0.3, -0.25) is 15.6 Å². The van der Waals surface area contributed by atoms with Crippen molar-refractivity contribution in [3.63, 3.8) is 0 Å². The van der Waals surface area contributed by atoms with Gasteiger partial charge >= 0.3 is 11.8 Å². The molecule has 1 aromatic carbocycles. The Kier molecular flexibility index (Phi) is 3.64. The average molecular weight is 291 g/mol. The second-order valence-corrected chi connectivity index (χ2v) is 4.99.